The molecular weight excluding hydrogens is 700 g/mol. The quantitative estimate of drug-likeness (QED) is 0.174. The van der Waals surface area contributed by atoms with Crippen molar-refractivity contribution < 1.29 is 26.9 Å². The number of halogens is 4. The highest BCUT2D eigenvalue weighted by Crippen LogP contribution is 2.45. The van der Waals surface area contributed by atoms with Crippen LogP contribution in [0, 0.1) is 29.3 Å². The van der Waals surface area contributed by atoms with Crippen molar-refractivity contribution in [2.45, 2.75) is 92.7 Å². The average molecular weight is 763 g/mol. The standard InChI is InChI=1S/C21H29NO2.C13H14F3N.2C2H6.HI.3H2/c1-16(15-17-5-9-19(10-6-17)23-14-13-22)24-20-11-7-18(8-12-20)21(2,3)4;14-11-5-13(16)12(15)4-10(11)7-17-2-1-8-3-9(8)6-17;2*1-2;;;;/h5-12,16H,13-15,22H2,1-4H3;4-5,8-9H,1-3,6-7H2;2*1-2H3;4*1H/t16-;;;;;;;/m1......./s1. The van der Waals surface area contributed by atoms with Crippen LogP contribution in [0.4, 0.5) is 13.2 Å². The largest absolute Gasteiger partial charge is 0.492 e. The summed E-state index contributed by atoms with van der Waals surface area (Å²) in [7, 11) is 0. The van der Waals surface area contributed by atoms with E-state index < -0.39 is 17.5 Å². The van der Waals surface area contributed by atoms with Gasteiger partial charge in [0.15, 0.2) is 11.6 Å². The molecule has 1 saturated carbocycles. The van der Waals surface area contributed by atoms with Crippen molar-refractivity contribution in [1.29, 1.82) is 0 Å². The monoisotopic (exact) mass is 762 g/mol. The molecule has 2 aliphatic rings. The van der Waals surface area contributed by atoms with Gasteiger partial charge in [0.05, 0.1) is 6.10 Å². The van der Waals surface area contributed by atoms with Gasteiger partial charge in [-0.1, -0.05) is 72.7 Å². The molecule has 0 spiro atoms. The molecule has 0 amide bonds. The number of ether oxygens (including phenoxy) is 2. The van der Waals surface area contributed by atoms with Crippen molar-refractivity contribution in [2.75, 3.05) is 26.2 Å². The fraction of sp³-hybridized carbons (Fsp3) is 0.526. The van der Waals surface area contributed by atoms with E-state index >= 15 is 0 Å². The summed E-state index contributed by atoms with van der Waals surface area (Å²) in [4.78, 5) is 2.13. The summed E-state index contributed by atoms with van der Waals surface area (Å²) in [6.45, 7) is 20.1. The highest BCUT2D eigenvalue weighted by atomic mass is 127. The Bertz CT molecular complexity index is 1280. The van der Waals surface area contributed by atoms with Gasteiger partial charge in [0.1, 0.15) is 23.9 Å². The number of hydrogen-bond donors (Lipinski definition) is 1. The molecule has 3 atom stereocenters. The predicted octanol–water partition coefficient (Wildman–Crippen LogP) is 10.7. The van der Waals surface area contributed by atoms with E-state index in [1.165, 1.54) is 17.5 Å². The van der Waals surface area contributed by atoms with Crippen molar-refractivity contribution >= 4 is 24.0 Å². The van der Waals surface area contributed by atoms with Crippen molar-refractivity contribution in [1.82, 2.24) is 4.90 Å². The lowest BCUT2D eigenvalue weighted by Gasteiger charge is -2.26. The zero-order valence-corrected chi connectivity index (χ0v) is 31.4. The Balaban J connectivity index is -0.000000753. The van der Waals surface area contributed by atoms with Crippen LogP contribution in [0.1, 0.15) is 89.2 Å². The maximum Gasteiger partial charge on any atom is 0.161 e. The van der Waals surface area contributed by atoms with E-state index in [1.807, 2.05) is 39.8 Å². The number of benzene rings is 3. The van der Waals surface area contributed by atoms with Crippen LogP contribution in [0.15, 0.2) is 60.7 Å². The van der Waals surface area contributed by atoms with Gasteiger partial charge in [0, 0.05) is 42.0 Å². The van der Waals surface area contributed by atoms with Crippen LogP contribution in [0.5, 0.6) is 11.5 Å². The molecular formula is C38H62F3IN2O2. The lowest BCUT2D eigenvalue weighted by molar-refractivity contribution is 0.209. The minimum absolute atomic E-state index is 0. The van der Waals surface area contributed by atoms with Gasteiger partial charge < -0.3 is 15.2 Å². The molecule has 3 aromatic rings. The number of nitrogens with zero attached hydrogens (tertiary/aromatic N) is 1. The zero-order valence-electron chi connectivity index (χ0n) is 29.0. The highest BCUT2D eigenvalue weighted by molar-refractivity contribution is 14.0. The number of piperidine rings is 1. The van der Waals surface area contributed by atoms with Crippen molar-refractivity contribution in [3.05, 3.63) is 94.8 Å². The Hall–Kier alpha value is -2.30. The van der Waals surface area contributed by atoms with Gasteiger partial charge in [-0.2, -0.15) is 0 Å². The molecule has 2 N–H and O–H groups in total. The fourth-order valence-electron chi connectivity index (χ4n) is 5.27. The maximum absolute atomic E-state index is 13.5. The van der Waals surface area contributed by atoms with Gasteiger partial charge in [-0.05, 0) is 85.0 Å². The van der Waals surface area contributed by atoms with Crippen LogP contribution in [0.2, 0.25) is 0 Å². The summed E-state index contributed by atoms with van der Waals surface area (Å²) >= 11 is 0. The number of nitrogens with two attached hydrogens (primary N) is 1. The molecule has 264 valence electrons. The number of likely N-dealkylation sites (tertiary alicyclic amines) is 1. The van der Waals surface area contributed by atoms with E-state index in [2.05, 4.69) is 69.0 Å². The van der Waals surface area contributed by atoms with E-state index in [-0.39, 0.29) is 45.3 Å². The summed E-state index contributed by atoms with van der Waals surface area (Å²) in [6, 6.07) is 18.1. The fourth-order valence-corrected chi connectivity index (χ4v) is 5.27. The van der Waals surface area contributed by atoms with E-state index in [0.29, 0.717) is 25.8 Å². The van der Waals surface area contributed by atoms with Crippen LogP contribution in [0.25, 0.3) is 0 Å². The lowest BCUT2D eigenvalue weighted by Crippen LogP contribution is -2.31. The summed E-state index contributed by atoms with van der Waals surface area (Å²) in [5.41, 5.74) is 8.40. The SMILES string of the molecule is CC.CC.C[C@H](Cc1ccc(OCCN)cc1)Oc1ccc(C(C)(C)C)cc1.Fc1cc(F)c(CN2CCC3CC3C2)cc1F.I.[HH].[HH].[HH]. The molecule has 1 aliphatic carbocycles. The second-order valence-electron chi connectivity index (χ2n) is 12.3. The minimum atomic E-state index is -1.12. The molecule has 1 saturated heterocycles. The summed E-state index contributed by atoms with van der Waals surface area (Å²) in [5, 5.41) is 0. The maximum atomic E-state index is 13.5. The molecule has 2 fully saturated rings. The van der Waals surface area contributed by atoms with Gasteiger partial charge in [0.25, 0.3) is 0 Å². The van der Waals surface area contributed by atoms with E-state index in [9.17, 15) is 13.2 Å². The molecule has 2 unspecified atom stereocenters. The molecule has 1 aliphatic heterocycles. The first-order valence-corrected chi connectivity index (χ1v) is 16.6. The van der Waals surface area contributed by atoms with Crippen LogP contribution < -0.4 is 15.2 Å². The Labute approximate surface area is 297 Å². The zero-order chi connectivity index (χ0) is 33.6. The molecule has 0 radical (unpaired) electrons. The third-order valence-electron chi connectivity index (χ3n) is 7.75. The predicted molar refractivity (Wildman–Crippen MR) is 202 cm³/mol. The summed E-state index contributed by atoms with van der Waals surface area (Å²) in [5.74, 6) is 0.642. The third kappa shape index (κ3) is 13.8. The summed E-state index contributed by atoms with van der Waals surface area (Å²) < 4.78 is 50.8. The normalized spacial score (nSPS) is 17.2. The smallest absolute Gasteiger partial charge is 0.161 e. The van der Waals surface area contributed by atoms with Gasteiger partial charge in [-0.25, -0.2) is 13.2 Å². The van der Waals surface area contributed by atoms with Crippen LogP contribution in [-0.2, 0) is 18.4 Å². The minimum Gasteiger partial charge on any atom is -0.492 e. The van der Waals surface area contributed by atoms with Crippen molar-refractivity contribution in [2.24, 2.45) is 17.6 Å². The van der Waals surface area contributed by atoms with Gasteiger partial charge in [0.2, 0.25) is 0 Å². The molecule has 4 nitrogen and oxygen atoms in total. The molecule has 46 heavy (non-hydrogen) atoms. The lowest BCUT2D eigenvalue weighted by atomic mass is 9.87. The highest BCUT2D eigenvalue weighted by Gasteiger charge is 2.41. The average Bonchev–Trinajstić information content (AvgIpc) is 3.81. The van der Waals surface area contributed by atoms with Gasteiger partial charge in [-0.15, -0.1) is 24.0 Å². The van der Waals surface area contributed by atoms with E-state index in [4.69, 9.17) is 15.2 Å². The summed E-state index contributed by atoms with van der Waals surface area (Å²) in [6.07, 6.45) is 3.39. The Morgan fingerprint density at radius 1 is 0.870 bits per heavy atom. The second kappa shape index (κ2) is 20.8. The number of fused-ring (bicyclic) bond motifs is 1. The van der Waals surface area contributed by atoms with Crippen molar-refractivity contribution in [3.8, 4) is 11.5 Å². The van der Waals surface area contributed by atoms with Crippen molar-refractivity contribution in [3.63, 3.8) is 0 Å². The molecule has 5 rings (SSSR count). The molecule has 3 aromatic carbocycles. The van der Waals surface area contributed by atoms with E-state index in [1.54, 1.807) is 0 Å². The molecule has 0 bridgehead atoms. The topological polar surface area (TPSA) is 47.7 Å². The van der Waals surface area contributed by atoms with Crippen LogP contribution in [-0.4, -0.2) is 37.2 Å². The first kappa shape index (κ1) is 41.7. The van der Waals surface area contributed by atoms with Gasteiger partial charge in [-0.3, -0.25) is 4.90 Å². The second-order valence-corrected chi connectivity index (χ2v) is 12.3. The first-order chi connectivity index (χ1) is 21.5. The first-order valence-electron chi connectivity index (χ1n) is 16.6. The Morgan fingerprint density at radius 2 is 1.46 bits per heavy atom. The third-order valence-corrected chi connectivity index (χ3v) is 7.75. The molecule has 8 heteroatoms. The molecule has 0 aromatic heterocycles. The number of hydrogen-bond acceptors (Lipinski definition) is 4. The van der Waals surface area contributed by atoms with Crippen LogP contribution >= 0.6 is 24.0 Å². The Kier molecular flexibility index (Phi) is 18.9. The van der Waals surface area contributed by atoms with E-state index in [0.717, 1.165) is 55.3 Å². The number of rotatable bonds is 9. The van der Waals surface area contributed by atoms with Crippen LogP contribution in [0.3, 0.4) is 0 Å². The Morgan fingerprint density at radius 3 is 2.02 bits per heavy atom. The van der Waals surface area contributed by atoms with Gasteiger partial charge >= 0.3 is 0 Å². The molecule has 1 heterocycles.